The van der Waals surface area contributed by atoms with Gasteiger partial charge in [0.05, 0.1) is 11.1 Å². The fraction of sp³-hybridized carbons (Fsp3) is 0.143. The van der Waals surface area contributed by atoms with Crippen molar-refractivity contribution >= 4 is 21.7 Å². The highest BCUT2D eigenvalue weighted by molar-refractivity contribution is 7.92. The third kappa shape index (κ3) is 3.72. The number of fused-ring (bicyclic) bond motifs is 2. The summed E-state index contributed by atoms with van der Waals surface area (Å²) in [7, 11) is -4.17. The predicted octanol–water partition coefficient (Wildman–Crippen LogP) is 3.39. The lowest BCUT2D eigenvalue weighted by Crippen LogP contribution is -2.30. The van der Waals surface area contributed by atoms with E-state index in [0.717, 1.165) is 0 Å². The molecule has 2 aromatic rings. The molecule has 2 aliphatic rings. The molecular weight excluding hydrogens is 396 g/mol. The van der Waals surface area contributed by atoms with Gasteiger partial charge in [0.25, 0.3) is 0 Å². The zero-order valence-electron chi connectivity index (χ0n) is 15.1. The maximum absolute atomic E-state index is 12.5. The molecule has 0 aliphatic carbocycles. The van der Waals surface area contributed by atoms with Gasteiger partial charge < -0.3 is 9.07 Å². The Morgan fingerprint density at radius 2 is 1.62 bits per heavy atom. The van der Waals surface area contributed by atoms with Crippen LogP contribution in [0.1, 0.15) is 33.6 Å². The molecule has 1 atom stereocenters. The van der Waals surface area contributed by atoms with Crippen LogP contribution in [0, 0.1) is 0 Å². The SMILES string of the molecule is O=C1C(=CC=CCCC2OOc3ccccc3C2=O)S(=O)(=O)Oc2ccccc21. The van der Waals surface area contributed by atoms with Crippen molar-refractivity contribution in [3.05, 3.63) is 82.8 Å². The largest absolute Gasteiger partial charge is 0.378 e. The molecule has 148 valence electrons. The summed E-state index contributed by atoms with van der Waals surface area (Å²) in [4.78, 5) is 34.7. The van der Waals surface area contributed by atoms with E-state index in [4.69, 9.17) is 14.0 Å². The number of benzene rings is 2. The van der Waals surface area contributed by atoms with Crippen LogP contribution in [0.5, 0.6) is 11.5 Å². The first-order valence-corrected chi connectivity index (χ1v) is 10.3. The van der Waals surface area contributed by atoms with Crippen LogP contribution in [0.4, 0.5) is 0 Å². The Morgan fingerprint density at radius 1 is 0.931 bits per heavy atom. The molecule has 0 radical (unpaired) electrons. The molecule has 0 spiro atoms. The van der Waals surface area contributed by atoms with Gasteiger partial charge in [-0.15, -0.1) is 0 Å². The van der Waals surface area contributed by atoms with Gasteiger partial charge in [-0.2, -0.15) is 13.3 Å². The molecule has 2 aliphatic heterocycles. The molecule has 0 saturated heterocycles. The lowest BCUT2D eigenvalue weighted by atomic mass is 10.0. The molecule has 8 heteroatoms. The van der Waals surface area contributed by atoms with Crippen molar-refractivity contribution in [2.24, 2.45) is 0 Å². The van der Waals surface area contributed by atoms with E-state index >= 15 is 0 Å². The summed E-state index contributed by atoms with van der Waals surface area (Å²) in [6.45, 7) is 0. The number of hydrogen-bond donors (Lipinski definition) is 0. The highest BCUT2D eigenvalue weighted by Crippen LogP contribution is 2.31. The lowest BCUT2D eigenvalue weighted by Gasteiger charge is -2.21. The van der Waals surface area contributed by atoms with Gasteiger partial charge in [-0.25, -0.2) is 0 Å². The predicted molar refractivity (Wildman–Crippen MR) is 103 cm³/mol. The van der Waals surface area contributed by atoms with Crippen LogP contribution in [0.3, 0.4) is 0 Å². The number of carbonyl (C=O) groups excluding carboxylic acids is 2. The molecule has 0 fully saturated rings. The second-order valence-electron chi connectivity index (χ2n) is 6.43. The van der Waals surface area contributed by atoms with Crippen molar-refractivity contribution in [2.45, 2.75) is 18.9 Å². The number of rotatable bonds is 4. The Kier molecular flexibility index (Phi) is 5.04. The van der Waals surface area contributed by atoms with Gasteiger partial charge in [0, 0.05) is 0 Å². The Balaban J connectivity index is 1.42. The maximum atomic E-state index is 12.5. The summed E-state index contributed by atoms with van der Waals surface area (Å²) in [6, 6.07) is 13.0. The minimum Gasteiger partial charge on any atom is -0.378 e. The molecule has 29 heavy (non-hydrogen) atoms. The standard InChI is InChI=1S/C21H16O7S/c22-20-14-8-4-6-10-16(14)26-27-18(20)12-2-1-3-13-19-21(23)15-9-5-7-11-17(15)28-29(19,24)25/h1,3-11,13,18H,2,12H2. The number of allylic oxidation sites excluding steroid dienone is 4. The highest BCUT2D eigenvalue weighted by atomic mass is 32.2. The van der Waals surface area contributed by atoms with E-state index in [-0.39, 0.29) is 17.1 Å². The number of para-hydroxylation sites is 2. The summed E-state index contributed by atoms with van der Waals surface area (Å²) in [6.07, 6.45) is 4.29. The topological polar surface area (TPSA) is 96.0 Å². The molecule has 7 nitrogen and oxygen atoms in total. The van der Waals surface area contributed by atoms with Gasteiger partial charge in [-0.3, -0.25) is 9.59 Å². The summed E-state index contributed by atoms with van der Waals surface area (Å²) in [5.74, 6) is -0.386. The van der Waals surface area contributed by atoms with Crippen LogP contribution < -0.4 is 9.07 Å². The average Bonchev–Trinajstić information content (AvgIpc) is 2.71. The first-order valence-electron chi connectivity index (χ1n) is 8.89. The molecular formula is C21H16O7S. The van der Waals surface area contributed by atoms with Gasteiger partial charge in [-0.05, 0) is 43.2 Å². The lowest BCUT2D eigenvalue weighted by molar-refractivity contribution is -0.236. The Morgan fingerprint density at radius 3 is 2.41 bits per heavy atom. The number of ketones is 2. The van der Waals surface area contributed by atoms with Crippen molar-refractivity contribution in [1.29, 1.82) is 0 Å². The van der Waals surface area contributed by atoms with E-state index < -0.39 is 26.9 Å². The van der Waals surface area contributed by atoms with Crippen LogP contribution in [0.15, 0.2) is 71.7 Å². The Labute approximate surface area is 167 Å². The third-order valence-electron chi connectivity index (χ3n) is 4.50. The van der Waals surface area contributed by atoms with Gasteiger partial charge in [-0.1, -0.05) is 36.4 Å². The highest BCUT2D eigenvalue weighted by Gasteiger charge is 2.35. The van der Waals surface area contributed by atoms with Crippen LogP contribution in [0.2, 0.25) is 0 Å². The minimum absolute atomic E-state index is 0.0203. The molecule has 2 heterocycles. The van der Waals surface area contributed by atoms with Gasteiger partial charge in [0.1, 0.15) is 0 Å². The number of carbonyl (C=O) groups is 2. The summed E-state index contributed by atoms with van der Waals surface area (Å²) in [5, 5.41) is 0. The van der Waals surface area contributed by atoms with E-state index in [2.05, 4.69) is 0 Å². The van der Waals surface area contributed by atoms with Gasteiger partial charge in [0.2, 0.25) is 5.78 Å². The molecule has 2 aromatic carbocycles. The summed E-state index contributed by atoms with van der Waals surface area (Å²) < 4.78 is 29.4. The van der Waals surface area contributed by atoms with Crippen LogP contribution >= 0.6 is 0 Å². The second-order valence-corrected chi connectivity index (χ2v) is 7.94. The molecule has 0 saturated carbocycles. The Bertz CT molecular complexity index is 1150. The first kappa shape index (κ1) is 19.1. The third-order valence-corrected chi connectivity index (χ3v) is 5.76. The molecule has 0 N–H and O–H groups in total. The van der Waals surface area contributed by atoms with Crippen molar-refractivity contribution < 1.29 is 32.0 Å². The minimum atomic E-state index is -4.17. The summed E-state index contributed by atoms with van der Waals surface area (Å²) in [5.41, 5.74) is 0.656. The normalized spacial score (nSPS) is 21.4. The monoisotopic (exact) mass is 412 g/mol. The van der Waals surface area contributed by atoms with Crippen LogP contribution in [-0.2, 0) is 15.0 Å². The first-order chi connectivity index (χ1) is 14.0. The van der Waals surface area contributed by atoms with Gasteiger partial charge >= 0.3 is 10.1 Å². The fourth-order valence-corrected chi connectivity index (χ4v) is 4.10. The second kappa shape index (κ2) is 7.65. The fourth-order valence-electron chi connectivity index (χ4n) is 3.04. The molecule has 0 bridgehead atoms. The smallest absolute Gasteiger partial charge is 0.343 e. The van der Waals surface area contributed by atoms with E-state index in [0.29, 0.717) is 24.2 Å². The van der Waals surface area contributed by atoms with Crippen molar-refractivity contribution in [3.8, 4) is 11.5 Å². The van der Waals surface area contributed by atoms with Gasteiger partial charge in [0.15, 0.2) is 28.3 Å². The average molecular weight is 412 g/mol. The van der Waals surface area contributed by atoms with E-state index in [9.17, 15) is 18.0 Å². The van der Waals surface area contributed by atoms with E-state index in [1.54, 1.807) is 42.5 Å². The molecule has 0 amide bonds. The molecule has 1 unspecified atom stereocenters. The quantitative estimate of drug-likeness (QED) is 0.431. The maximum Gasteiger partial charge on any atom is 0.343 e. The van der Waals surface area contributed by atoms with Crippen LogP contribution in [0.25, 0.3) is 0 Å². The zero-order chi connectivity index (χ0) is 20.4. The van der Waals surface area contributed by atoms with Crippen molar-refractivity contribution in [2.75, 3.05) is 0 Å². The molecule has 0 aromatic heterocycles. The summed E-state index contributed by atoms with van der Waals surface area (Å²) >= 11 is 0. The molecule has 4 rings (SSSR count). The van der Waals surface area contributed by atoms with E-state index in [1.165, 1.54) is 24.3 Å². The van der Waals surface area contributed by atoms with Crippen LogP contribution in [-0.4, -0.2) is 26.1 Å². The number of hydrogen-bond acceptors (Lipinski definition) is 7. The van der Waals surface area contributed by atoms with Crippen molar-refractivity contribution in [3.63, 3.8) is 0 Å². The number of Topliss-reactive ketones (excluding diaryl/α,β-unsaturated/α-hetero) is 2. The Hall–Kier alpha value is -3.23. The van der Waals surface area contributed by atoms with Crippen molar-refractivity contribution in [1.82, 2.24) is 0 Å². The van der Waals surface area contributed by atoms with E-state index in [1.807, 2.05) is 0 Å². The zero-order valence-corrected chi connectivity index (χ0v) is 15.9.